The van der Waals surface area contributed by atoms with E-state index in [1.54, 1.807) is 11.3 Å². The van der Waals surface area contributed by atoms with Gasteiger partial charge in [0.05, 0.1) is 13.1 Å². The van der Waals surface area contributed by atoms with Crippen LogP contribution >= 0.6 is 11.3 Å². The fourth-order valence-electron chi connectivity index (χ4n) is 3.74. The second kappa shape index (κ2) is 10.7. The van der Waals surface area contributed by atoms with Crippen LogP contribution in [-0.2, 0) is 16.1 Å². The van der Waals surface area contributed by atoms with Gasteiger partial charge in [-0.05, 0) is 43.0 Å². The number of carbonyl (C=O) groups is 2. The average Bonchev–Trinajstić information content (AvgIpc) is 3.24. The predicted molar refractivity (Wildman–Crippen MR) is 123 cm³/mol. The Balaban J connectivity index is 1.43. The lowest BCUT2D eigenvalue weighted by molar-refractivity contribution is -0.134. The van der Waals surface area contributed by atoms with Gasteiger partial charge < -0.3 is 10.2 Å². The maximum atomic E-state index is 12.7. The SMILES string of the molecule is CCN(CC(=O)N1CCN(CC(=O)Nc2c(C)cccc2C)CC1)Cc1cccs1. The lowest BCUT2D eigenvalue weighted by Crippen LogP contribution is -2.52. The van der Waals surface area contributed by atoms with Crippen LogP contribution in [0.15, 0.2) is 35.7 Å². The van der Waals surface area contributed by atoms with E-state index in [0.29, 0.717) is 26.2 Å². The zero-order valence-corrected chi connectivity index (χ0v) is 19.0. The summed E-state index contributed by atoms with van der Waals surface area (Å²) in [5, 5.41) is 5.12. The maximum Gasteiger partial charge on any atom is 0.238 e. The van der Waals surface area contributed by atoms with Gasteiger partial charge in [0.25, 0.3) is 0 Å². The molecule has 2 aromatic rings. The van der Waals surface area contributed by atoms with Crippen LogP contribution in [0.5, 0.6) is 0 Å². The molecule has 162 valence electrons. The van der Waals surface area contributed by atoms with E-state index in [1.165, 1.54) is 4.88 Å². The zero-order chi connectivity index (χ0) is 21.5. The quantitative estimate of drug-likeness (QED) is 0.702. The molecular formula is C23H32N4O2S. The van der Waals surface area contributed by atoms with Crippen LogP contribution in [0.4, 0.5) is 5.69 Å². The van der Waals surface area contributed by atoms with Gasteiger partial charge in [-0.1, -0.05) is 31.2 Å². The van der Waals surface area contributed by atoms with Gasteiger partial charge in [-0.25, -0.2) is 0 Å². The second-order valence-corrected chi connectivity index (χ2v) is 8.89. The highest BCUT2D eigenvalue weighted by Gasteiger charge is 2.24. The molecule has 1 aromatic carbocycles. The molecule has 1 aliphatic rings. The van der Waals surface area contributed by atoms with Gasteiger partial charge in [-0.2, -0.15) is 0 Å². The number of likely N-dealkylation sites (N-methyl/N-ethyl adjacent to an activating group) is 1. The first-order valence-corrected chi connectivity index (χ1v) is 11.4. The number of hydrogen-bond acceptors (Lipinski definition) is 5. The van der Waals surface area contributed by atoms with Gasteiger partial charge in [0.15, 0.2) is 0 Å². The third kappa shape index (κ3) is 6.14. The highest BCUT2D eigenvalue weighted by atomic mass is 32.1. The topological polar surface area (TPSA) is 55.9 Å². The number of amides is 2. The highest BCUT2D eigenvalue weighted by molar-refractivity contribution is 7.09. The summed E-state index contributed by atoms with van der Waals surface area (Å²) in [5.41, 5.74) is 3.05. The molecule has 0 bridgehead atoms. The number of aryl methyl sites for hydroxylation is 2. The number of nitrogens with one attached hydrogen (secondary N) is 1. The van der Waals surface area contributed by atoms with Crippen molar-refractivity contribution in [3.63, 3.8) is 0 Å². The predicted octanol–water partition coefficient (Wildman–Crippen LogP) is 2.97. The minimum absolute atomic E-state index is 0.000262. The van der Waals surface area contributed by atoms with E-state index < -0.39 is 0 Å². The standard InChI is InChI=1S/C23H32N4O2S/c1-4-25(15-20-9-6-14-30-20)17-22(29)27-12-10-26(11-13-27)16-21(28)24-23-18(2)7-5-8-19(23)3/h5-9,14H,4,10-13,15-17H2,1-3H3,(H,24,28). The van der Waals surface area contributed by atoms with Gasteiger partial charge in [-0.3, -0.25) is 19.4 Å². The molecule has 0 radical (unpaired) electrons. The second-order valence-electron chi connectivity index (χ2n) is 7.85. The summed E-state index contributed by atoms with van der Waals surface area (Å²) in [4.78, 5) is 32.7. The summed E-state index contributed by atoms with van der Waals surface area (Å²) in [5.74, 6) is 0.174. The number of hydrogen-bond donors (Lipinski definition) is 1. The number of nitrogens with zero attached hydrogens (tertiary/aromatic N) is 3. The smallest absolute Gasteiger partial charge is 0.238 e. The Morgan fingerprint density at radius 2 is 1.77 bits per heavy atom. The van der Waals surface area contributed by atoms with Crippen molar-refractivity contribution >= 4 is 28.8 Å². The van der Waals surface area contributed by atoms with Crippen LogP contribution < -0.4 is 5.32 Å². The van der Waals surface area contributed by atoms with E-state index in [-0.39, 0.29) is 11.8 Å². The maximum absolute atomic E-state index is 12.7. The van der Waals surface area contributed by atoms with Crippen molar-refractivity contribution in [1.82, 2.24) is 14.7 Å². The Bertz CT molecular complexity index is 825. The summed E-state index contributed by atoms with van der Waals surface area (Å²) in [6.45, 7) is 11.4. The molecule has 7 heteroatoms. The van der Waals surface area contributed by atoms with E-state index in [2.05, 4.69) is 33.5 Å². The molecule has 30 heavy (non-hydrogen) atoms. The van der Waals surface area contributed by atoms with Gasteiger partial charge in [0.1, 0.15) is 0 Å². The van der Waals surface area contributed by atoms with Crippen molar-refractivity contribution in [3.05, 3.63) is 51.7 Å². The molecule has 1 aliphatic heterocycles. The molecule has 2 amide bonds. The molecule has 6 nitrogen and oxygen atoms in total. The number of para-hydroxylation sites is 1. The molecule has 0 aliphatic carbocycles. The van der Waals surface area contributed by atoms with Crippen molar-refractivity contribution in [2.24, 2.45) is 0 Å². The average molecular weight is 429 g/mol. The van der Waals surface area contributed by atoms with E-state index >= 15 is 0 Å². The summed E-state index contributed by atoms with van der Waals surface area (Å²) in [6, 6.07) is 10.2. The van der Waals surface area contributed by atoms with Gasteiger partial charge >= 0.3 is 0 Å². The molecule has 0 unspecified atom stereocenters. The van der Waals surface area contributed by atoms with Crippen molar-refractivity contribution in [2.45, 2.75) is 27.3 Å². The van der Waals surface area contributed by atoms with Crippen LogP contribution in [0, 0.1) is 13.8 Å². The number of benzene rings is 1. The van der Waals surface area contributed by atoms with Crippen molar-refractivity contribution < 1.29 is 9.59 Å². The first-order valence-electron chi connectivity index (χ1n) is 10.6. The molecule has 0 saturated carbocycles. The van der Waals surface area contributed by atoms with Gasteiger partial charge in [0.2, 0.25) is 11.8 Å². The number of piperazine rings is 1. The molecule has 0 atom stereocenters. The zero-order valence-electron chi connectivity index (χ0n) is 18.2. The summed E-state index contributed by atoms with van der Waals surface area (Å²) >= 11 is 1.73. The van der Waals surface area contributed by atoms with Crippen LogP contribution in [0.2, 0.25) is 0 Å². The molecular weight excluding hydrogens is 396 g/mol. The molecule has 1 aromatic heterocycles. The number of rotatable bonds is 8. The van der Waals surface area contributed by atoms with E-state index in [1.807, 2.05) is 43.0 Å². The Kier molecular flexibility index (Phi) is 8.01. The van der Waals surface area contributed by atoms with Crippen LogP contribution in [0.25, 0.3) is 0 Å². The minimum Gasteiger partial charge on any atom is -0.339 e. The first-order chi connectivity index (χ1) is 14.5. The molecule has 1 saturated heterocycles. The normalized spacial score (nSPS) is 14.9. The van der Waals surface area contributed by atoms with Gasteiger partial charge in [-0.15, -0.1) is 11.3 Å². The number of carbonyl (C=O) groups excluding carboxylic acids is 2. The van der Waals surface area contributed by atoms with E-state index in [0.717, 1.165) is 43.0 Å². The fourth-order valence-corrected chi connectivity index (χ4v) is 4.49. The molecule has 1 fully saturated rings. The Morgan fingerprint density at radius 1 is 1.07 bits per heavy atom. The lowest BCUT2D eigenvalue weighted by Gasteiger charge is -2.35. The van der Waals surface area contributed by atoms with Crippen LogP contribution in [-0.4, -0.2) is 72.3 Å². The van der Waals surface area contributed by atoms with Gasteiger partial charge in [0, 0.05) is 43.3 Å². The number of anilines is 1. The first kappa shape index (κ1) is 22.5. The van der Waals surface area contributed by atoms with Crippen LogP contribution in [0.1, 0.15) is 22.9 Å². The molecule has 2 heterocycles. The molecule has 0 spiro atoms. The monoisotopic (exact) mass is 428 g/mol. The third-order valence-corrected chi connectivity index (χ3v) is 6.46. The van der Waals surface area contributed by atoms with Crippen LogP contribution in [0.3, 0.4) is 0 Å². The highest BCUT2D eigenvalue weighted by Crippen LogP contribution is 2.19. The van der Waals surface area contributed by atoms with Crippen molar-refractivity contribution in [1.29, 1.82) is 0 Å². The molecule has 1 N–H and O–H groups in total. The van der Waals surface area contributed by atoms with E-state index in [9.17, 15) is 9.59 Å². The minimum atomic E-state index is 0.000262. The van der Waals surface area contributed by atoms with Crippen molar-refractivity contribution in [3.8, 4) is 0 Å². The Morgan fingerprint density at radius 3 is 2.37 bits per heavy atom. The summed E-state index contributed by atoms with van der Waals surface area (Å²) in [7, 11) is 0. The fraction of sp³-hybridized carbons (Fsp3) is 0.478. The van der Waals surface area contributed by atoms with Crippen molar-refractivity contribution in [2.75, 3.05) is 51.1 Å². The number of thiophene rings is 1. The summed E-state index contributed by atoms with van der Waals surface area (Å²) < 4.78 is 0. The largest absolute Gasteiger partial charge is 0.339 e. The van der Waals surface area contributed by atoms with E-state index in [4.69, 9.17) is 0 Å². The Labute approximate surface area is 183 Å². The third-order valence-electron chi connectivity index (χ3n) is 5.60. The Hall–Kier alpha value is -2.22. The lowest BCUT2D eigenvalue weighted by atomic mass is 10.1. The summed E-state index contributed by atoms with van der Waals surface area (Å²) in [6.07, 6.45) is 0. The molecule has 3 rings (SSSR count).